The molecule has 3 aromatic rings. The number of thiophene rings is 1. The maximum atomic E-state index is 13.4. The van der Waals surface area contributed by atoms with Crippen LogP contribution in [0.2, 0.25) is 0 Å². The molecule has 0 radical (unpaired) electrons. The average Bonchev–Trinajstić information content (AvgIpc) is 3.01. The van der Waals surface area contributed by atoms with Crippen molar-refractivity contribution in [3.8, 4) is 0 Å². The van der Waals surface area contributed by atoms with Crippen LogP contribution < -0.4 is 4.90 Å². The summed E-state index contributed by atoms with van der Waals surface area (Å²) in [7, 11) is 0. The van der Waals surface area contributed by atoms with Crippen molar-refractivity contribution in [3.05, 3.63) is 46.6 Å². The number of anilines is 1. The van der Waals surface area contributed by atoms with Gasteiger partial charge in [0.05, 0.1) is 5.75 Å². The topological polar surface area (TPSA) is 46.1 Å². The summed E-state index contributed by atoms with van der Waals surface area (Å²) in [6, 6.07) is 10.4. The molecule has 4 nitrogen and oxygen atoms in total. The van der Waals surface area contributed by atoms with Gasteiger partial charge in [0.1, 0.15) is 15.7 Å². The van der Waals surface area contributed by atoms with Crippen molar-refractivity contribution in [2.24, 2.45) is 0 Å². The van der Waals surface area contributed by atoms with Crippen LogP contribution in [0.5, 0.6) is 0 Å². The lowest BCUT2D eigenvalue weighted by molar-refractivity contribution is -0.116. The summed E-state index contributed by atoms with van der Waals surface area (Å²) < 4.78 is 0. The summed E-state index contributed by atoms with van der Waals surface area (Å²) in [4.78, 5) is 27.0. The van der Waals surface area contributed by atoms with Gasteiger partial charge in [-0.05, 0) is 51.3 Å². The van der Waals surface area contributed by atoms with Gasteiger partial charge in [0, 0.05) is 22.0 Å². The molecule has 0 saturated heterocycles. The molecular formula is C23H27N3OS2. The number of thioether (sulfide) groups is 1. The number of amides is 1. The van der Waals surface area contributed by atoms with Gasteiger partial charge in [-0.3, -0.25) is 4.79 Å². The van der Waals surface area contributed by atoms with Crippen LogP contribution in [0.4, 0.5) is 5.69 Å². The highest BCUT2D eigenvalue weighted by Crippen LogP contribution is 2.36. The Kier molecular flexibility index (Phi) is 6.20. The first kappa shape index (κ1) is 20.4. The number of para-hydroxylation sites is 1. The summed E-state index contributed by atoms with van der Waals surface area (Å²) in [6.07, 6.45) is 5.86. The van der Waals surface area contributed by atoms with E-state index in [4.69, 9.17) is 0 Å². The lowest BCUT2D eigenvalue weighted by atomic mass is 9.93. The molecule has 0 atom stereocenters. The van der Waals surface area contributed by atoms with Crippen molar-refractivity contribution in [2.45, 2.75) is 63.9 Å². The van der Waals surface area contributed by atoms with Gasteiger partial charge in [0.25, 0.3) is 0 Å². The van der Waals surface area contributed by atoms with E-state index in [9.17, 15) is 4.79 Å². The van der Waals surface area contributed by atoms with E-state index in [1.165, 1.54) is 29.7 Å². The van der Waals surface area contributed by atoms with E-state index < -0.39 is 0 Å². The van der Waals surface area contributed by atoms with Crippen molar-refractivity contribution in [1.82, 2.24) is 9.97 Å². The number of aromatic nitrogens is 2. The van der Waals surface area contributed by atoms with E-state index in [2.05, 4.69) is 35.9 Å². The van der Waals surface area contributed by atoms with Crippen molar-refractivity contribution in [3.63, 3.8) is 0 Å². The molecule has 1 aromatic carbocycles. The highest BCUT2D eigenvalue weighted by Gasteiger charge is 2.27. The van der Waals surface area contributed by atoms with Gasteiger partial charge in [0.2, 0.25) is 5.91 Å². The van der Waals surface area contributed by atoms with Crippen molar-refractivity contribution < 1.29 is 4.79 Å². The SMILES string of the molecule is Cc1nc(SCC(=O)N(c2ccccc2)C2CCCCC2)c2c(C)c(C)sc2n1. The predicted molar refractivity (Wildman–Crippen MR) is 123 cm³/mol. The maximum Gasteiger partial charge on any atom is 0.237 e. The van der Waals surface area contributed by atoms with Crippen molar-refractivity contribution in [1.29, 1.82) is 0 Å². The molecule has 6 heteroatoms. The minimum atomic E-state index is 0.169. The lowest BCUT2D eigenvalue weighted by Crippen LogP contribution is -2.42. The first-order chi connectivity index (χ1) is 14.0. The molecule has 1 saturated carbocycles. The largest absolute Gasteiger partial charge is 0.309 e. The summed E-state index contributed by atoms with van der Waals surface area (Å²) >= 11 is 3.26. The first-order valence-corrected chi connectivity index (χ1v) is 12.1. The number of carbonyl (C=O) groups excluding carboxylic acids is 1. The molecule has 2 heterocycles. The van der Waals surface area contributed by atoms with Crippen LogP contribution in [0.15, 0.2) is 35.4 Å². The van der Waals surface area contributed by atoms with Crippen molar-refractivity contribution in [2.75, 3.05) is 10.7 Å². The minimum Gasteiger partial charge on any atom is -0.309 e. The Morgan fingerprint density at radius 3 is 2.55 bits per heavy atom. The number of benzene rings is 1. The van der Waals surface area contributed by atoms with E-state index in [0.29, 0.717) is 11.8 Å². The summed E-state index contributed by atoms with van der Waals surface area (Å²) in [5.74, 6) is 1.33. The molecule has 4 rings (SSSR count). The third-order valence-corrected chi connectivity index (χ3v) is 7.74. The van der Waals surface area contributed by atoms with Gasteiger partial charge in [-0.1, -0.05) is 49.2 Å². The minimum absolute atomic E-state index is 0.169. The number of aryl methyl sites for hydroxylation is 3. The zero-order chi connectivity index (χ0) is 20.4. The van der Waals surface area contributed by atoms with E-state index in [0.717, 1.165) is 39.6 Å². The summed E-state index contributed by atoms with van der Waals surface area (Å²) in [6.45, 7) is 6.17. The van der Waals surface area contributed by atoms with Gasteiger partial charge in [-0.2, -0.15) is 0 Å². The Morgan fingerprint density at radius 1 is 1.10 bits per heavy atom. The predicted octanol–water partition coefficient (Wildman–Crippen LogP) is 6.07. The van der Waals surface area contributed by atoms with Gasteiger partial charge in [-0.25, -0.2) is 9.97 Å². The zero-order valence-corrected chi connectivity index (χ0v) is 18.9. The Bertz CT molecular complexity index is 1010. The number of hydrogen-bond donors (Lipinski definition) is 0. The monoisotopic (exact) mass is 425 g/mol. The first-order valence-electron chi connectivity index (χ1n) is 10.3. The highest BCUT2D eigenvalue weighted by atomic mass is 32.2. The number of carbonyl (C=O) groups is 1. The number of nitrogens with zero attached hydrogens (tertiary/aromatic N) is 3. The standard InChI is InChI=1S/C23H27N3OS2/c1-15-16(2)29-23-21(15)22(24-17(3)25-23)28-14-20(27)26(18-10-6-4-7-11-18)19-12-8-5-9-13-19/h4,6-7,10-11,19H,5,8-9,12-14H2,1-3H3. The fourth-order valence-electron chi connectivity index (χ4n) is 4.10. The second-order valence-electron chi connectivity index (χ2n) is 7.72. The van der Waals surface area contributed by atoms with Gasteiger partial charge >= 0.3 is 0 Å². The molecule has 0 unspecified atom stereocenters. The van der Waals surface area contributed by atoms with Crippen molar-refractivity contribution >= 4 is 44.9 Å². The van der Waals surface area contributed by atoms with Crippen LogP contribution in [-0.4, -0.2) is 27.7 Å². The van der Waals surface area contributed by atoms with Gasteiger partial charge in [-0.15, -0.1) is 11.3 Å². The van der Waals surface area contributed by atoms with E-state index in [-0.39, 0.29) is 5.91 Å². The molecule has 2 aromatic heterocycles. The smallest absolute Gasteiger partial charge is 0.237 e. The van der Waals surface area contributed by atoms with E-state index >= 15 is 0 Å². The summed E-state index contributed by atoms with van der Waals surface area (Å²) in [5.41, 5.74) is 2.24. The number of hydrogen-bond acceptors (Lipinski definition) is 5. The quantitative estimate of drug-likeness (QED) is 0.367. The van der Waals surface area contributed by atoms with Crippen LogP contribution in [0.1, 0.15) is 48.4 Å². The Morgan fingerprint density at radius 2 is 1.83 bits per heavy atom. The number of rotatable bonds is 5. The normalized spacial score (nSPS) is 15.0. The number of fused-ring (bicyclic) bond motifs is 1. The fourth-order valence-corrected chi connectivity index (χ4v) is 6.23. The van der Waals surface area contributed by atoms with Crippen LogP contribution in [0, 0.1) is 20.8 Å². The third-order valence-electron chi connectivity index (χ3n) is 5.68. The molecule has 0 N–H and O–H groups in total. The zero-order valence-electron chi connectivity index (χ0n) is 17.3. The molecule has 29 heavy (non-hydrogen) atoms. The van der Waals surface area contributed by atoms with Crippen LogP contribution in [0.25, 0.3) is 10.2 Å². The van der Waals surface area contributed by atoms with Gasteiger partial charge in [0.15, 0.2) is 0 Å². The Hall–Kier alpha value is -1.92. The summed E-state index contributed by atoms with van der Waals surface area (Å²) in [5, 5.41) is 2.04. The average molecular weight is 426 g/mol. The molecule has 1 aliphatic rings. The molecule has 152 valence electrons. The second kappa shape index (κ2) is 8.84. The second-order valence-corrected chi connectivity index (χ2v) is 9.89. The highest BCUT2D eigenvalue weighted by molar-refractivity contribution is 8.00. The Balaban J connectivity index is 1.59. The lowest BCUT2D eigenvalue weighted by Gasteiger charge is -2.34. The van der Waals surface area contributed by atoms with E-state index in [1.807, 2.05) is 30.0 Å². The van der Waals surface area contributed by atoms with Crippen LogP contribution in [0.3, 0.4) is 0 Å². The molecule has 0 aliphatic heterocycles. The van der Waals surface area contributed by atoms with Crippen LogP contribution >= 0.6 is 23.1 Å². The molecule has 1 amide bonds. The molecule has 0 spiro atoms. The van der Waals surface area contributed by atoms with E-state index in [1.54, 1.807) is 23.1 Å². The van der Waals surface area contributed by atoms with Gasteiger partial charge < -0.3 is 4.90 Å². The molecule has 0 bridgehead atoms. The Labute approximate surface area is 180 Å². The fraction of sp³-hybridized carbons (Fsp3) is 0.435. The third kappa shape index (κ3) is 4.33. The van der Waals surface area contributed by atoms with Crippen LogP contribution in [-0.2, 0) is 4.79 Å². The maximum absolute atomic E-state index is 13.4. The molecular weight excluding hydrogens is 398 g/mol. The molecule has 1 fully saturated rings. The molecule has 1 aliphatic carbocycles.